The summed E-state index contributed by atoms with van der Waals surface area (Å²) in [4.78, 5) is 13.1. The van der Waals surface area contributed by atoms with Crippen molar-refractivity contribution in [2.24, 2.45) is 0 Å². The van der Waals surface area contributed by atoms with Crippen LogP contribution in [0.3, 0.4) is 0 Å². The number of para-hydroxylation sites is 2. The van der Waals surface area contributed by atoms with Gasteiger partial charge < -0.3 is 4.90 Å². The molecular weight excluding hydrogens is 372 g/mol. The zero-order chi connectivity index (χ0) is 20.1. The number of hydrogen-bond acceptors (Lipinski definition) is 4. The minimum atomic E-state index is 0.764. The van der Waals surface area contributed by atoms with E-state index in [0.29, 0.717) is 0 Å². The molecule has 6 rings (SSSR count). The summed E-state index contributed by atoms with van der Waals surface area (Å²) in [5, 5.41) is 9.96. The molecule has 6 nitrogen and oxygen atoms in total. The number of imidazole rings is 1. The number of nitriles is 1. The molecule has 1 aliphatic carbocycles. The van der Waals surface area contributed by atoms with Gasteiger partial charge in [0.05, 0.1) is 35.9 Å². The Kier molecular flexibility index (Phi) is 3.88. The highest BCUT2D eigenvalue weighted by atomic mass is 15.3. The van der Waals surface area contributed by atoms with E-state index < -0.39 is 0 Å². The molecule has 2 aliphatic rings. The molecule has 0 saturated carbocycles. The standard InChI is InChI=1S/C24H22N6/c25-16-19-17-6-5-7-18(17)24(30-21-9-2-1-8-20(21)27-23(19)30)29-14-12-28(13-15-29)22-10-3-4-11-26-22/h1-4,8-11H,5-7,12-15H2/p+1. The monoisotopic (exact) mass is 395 g/mol. The first-order chi connectivity index (χ1) is 14.8. The lowest BCUT2D eigenvalue weighted by Gasteiger charge is -2.34. The van der Waals surface area contributed by atoms with Crippen LogP contribution in [0.25, 0.3) is 16.7 Å². The van der Waals surface area contributed by atoms with E-state index >= 15 is 0 Å². The van der Waals surface area contributed by atoms with Crippen molar-refractivity contribution >= 4 is 28.3 Å². The maximum Gasteiger partial charge on any atom is 0.274 e. The minimum absolute atomic E-state index is 0.764. The highest BCUT2D eigenvalue weighted by Gasteiger charge is 2.31. The van der Waals surface area contributed by atoms with Crippen LogP contribution in [0.1, 0.15) is 23.1 Å². The minimum Gasteiger partial charge on any atom is -0.350 e. The molecule has 0 spiro atoms. The highest BCUT2D eigenvalue weighted by molar-refractivity contribution is 5.86. The first-order valence-corrected chi connectivity index (χ1v) is 10.7. The van der Waals surface area contributed by atoms with Gasteiger partial charge >= 0.3 is 0 Å². The molecule has 6 heteroatoms. The van der Waals surface area contributed by atoms with Crippen LogP contribution in [0.2, 0.25) is 0 Å². The third kappa shape index (κ3) is 2.48. The van der Waals surface area contributed by atoms with Gasteiger partial charge in [0.25, 0.3) is 5.82 Å². The molecule has 3 aromatic heterocycles. The third-order valence-corrected chi connectivity index (χ3v) is 6.51. The second-order valence-corrected chi connectivity index (χ2v) is 8.10. The fourth-order valence-electron chi connectivity index (χ4n) is 5.13. The number of piperazine rings is 1. The van der Waals surface area contributed by atoms with Crippen LogP contribution in [0, 0.1) is 11.3 Å². The Morgan fingerprint density at radius 2 is 1.67 bits per heavy atom. The molecule has 148 valence electrons. The van der Waals surface area contributed by atoms with Gasteiger partial charge in [-0.05, 0) is 48.6 Å². The van der Waals surface area contributed by atoms with Crippen molar-refractivity contribution in [3.8, 4) is 6.07 Å². The number of nitrogens with one attached hydrogen (secondary N) is 1. The van der Waals surface area contributed by atoms with Gasteiger partial charge in [-0.15, -0.1) is 0 Å². The van der Waals surface area contributed by atoms with Gasteiger partial charge in [-0.2, -0.15) is 5.26 Å². The molecule has 0 radical (unpaired) electrons. The van der Waals surface area contributed by atoms with Gasteiger partial charge in [-0.25, -0.2) is 9.97 Å². The fourth-order valence-corrected chi connectivity index (χ4v) is 5.13. The Bertz CT molecular complexity index is 1290. The molecule has 1 fully saturated rings. The third-order valence-electron chi connectivity index (χ3n) is 6.51. The largest absolute Gasteiger partial charge is 0.350 e. The predicted octanol–water partition coefficient (Wildman–Crippen LogP) is 2.99. The van der Waals surface area contributed by atoms with Crippen LogP contribution in [-0.4, -0.2) is 35.6 Å². The molecule has 4 heterocycles. The summed E-state index contributed by atoms with van der Waals surface area (Å²) >= 11 is 0. The van der Waals surface area contributed by atoms with Gasteiger partial charge in [0.2, 0.25) is 0 Å². The lowest BCUT2D eigenvalue weighted by molar-refractivity contribution is -0.364. The molecule has 4 aromatic rings. The average Bonchev–Trinajstić information content (AvgIpc) is 3.43. The van der Waals surface area contributed by atoms with Gasteiger partial charge in [0.1, 0.15) is 25.0 Å². The molecule has 30 heavy (non-hydrogen) atoms. The lowest BCUT2D eigenvalue weighted by Crippen LogP contribution is -2.48. The topological polar surface area (TPSA) is 61.7 Å². The molecular formula is C24H23N6+. The number of H-pyrrole nitrogens is 1. The summed E-state index contributed by atoms with van der Waals surface area (Å²) < 4.78 is 2.25. The molecule has 1 aliphatic heterocycles. The maximum absolute atomic E-state index is 9.96. The van der Waals surface area contributed by atoms with Gasteiger partial charge in [-0.1, -0.05) is 18.2 Å². The van der Waals surface area contributed by atoms with Crippen LogP contribution in [0.4, 0.5) is 11.6 Å². The first-order valence-electron chi connectivity index (χ1n) is 10.7. The number of hydrogen-bond donors (Lipinski definition) is 0. The number of aromatic amines is 1. The highest BCUT2D eigenvalue weighted by Crippen LogP contribution is 2.38. The number of fused-ring (bicyclic) bond motifs is 4. The average molecular weight is 395 g/mol. The van der Waals surface area contributed by atoms with Gasteiger partial charge in [0, 0.05) is 6.07 Å². The van der Waals surface area contributed by atoms with Crippen LogP contribution in [0.5, 0.6) is 0 Å². The molecule has 0 unspecified atom stereocenters. The Morgan fingerprint density at radius 1 is 0.900 bits per heavy atom. The van der Waals surface area contributed by atoms with E-state index in [4.69, 9.17) is 4.98 Å². The van der Waals surface area contributed by atoms with Crippen molar-refractivity contribution in [1.29, 1.82) is 5.26 Å². The maximum atomic E-state index is 9.96. The van der Waals surface area contributed by atoms with Crippen molar-refractivity contribution in [2.45, 2.75) is 19.3 Å². The zero-order valence-corrected chi connectivity index (χ0v) is 16.8. The number of aromatic nitrogens is 3. The number of nitrogens with zero attached hydrogens (tertiary/aromatic N) is 5. The van der Waals surface area contributed by atoms with Crippen LogP contribution < -0.4 is 14.8 Å². The Labute approximate surface area is 175 Å². The number of anilines is 2. The first kappa shape index (κ1) is 17.3. The fraction of sp³-hybridized carbons (Fsp3) is 0.292. The van der Waals surface area contributed by atoms with Crippen molar-refractivity contribution in [3.63, 3.8) is 0 Å². The van der Waals surface area contributed by atoms with Gasteiger partial charge in [0.15, 0.2) is 5.65 Å². The second-order valence-electron chi connectivity index (χ2n) is 8.10. The van der Waals surface area contributed by atoms with Crippen molar-refractivity contribution < 1.29 is 4.98 Å². The van der Waals surface area contributed by atoms with E-state index in [-0.39, 0.29) is 0 Å². The number of benzene rings is 1. The SMILES string of the molecule is N#Cc1c2c(c(N3CCN(c4cccc[nH+]4)CC3)n3c1nc1ccccc13)CCC2. The Balaban J connectivity index is 1.49. The quantitative estimate of drug-likeness (QED) is 0.524. The van der Waals surface area contributed by atoms with Crippen LogP contribution in [0.15, 0.2) is 48.7 Å². The van der Waals surface area contributed by atoms with E-state index in [1.165, 1.54) is 22.8 Å². The van der Waals surface area contributed by atoms with Gasteiger partial charge in [-0.3, -0.25) is 9.30 Å². The van der Waals surface area contributed by atoms with Crippen molar-refractivity contribution in [3.05, 3.63) is 65.4 Å². The van der Waals surface area contributed by atoms with Crippen LogP contribution >= 0.6 is 0 Å². The summed E-state index contributed by atoms with van der Waals surface area (Å²) in [6.07, 6.45) is 5.11. The van der Waals surface area contributed by atoms with E-state index in [2.05, 4.69) is 49.5 Å². The molecule has 1 saturated heterocycles. The molecule has 1 aromatic carbocycles. The van der Waals surface area contributed by atoms with Crippen molar-refractivity contribution in [2.75, 3.05) is 36.0 Å². The summed E-state index contributed by atoms with van der Waals surface area (Å²) in [5.41, 5.74) is 6.19. The lowest BCUT2D eigenvalue weighted by atomic mass is 10.0. The number of pyridine rings is 2. The predicted molar refractivity (Wildman–Crippen MR) is 117 cm³/mol. The summed E-state index contributed by atoms with van der Waals surface area (Å²) in [6.45, 7) is 3.82. The summed E-state index contributed by atoms with van der Waals surface area (Å²) in [5.74, 6) is 2.42. The number of rotatable bonds is 2. The second kappa shape index (κ2) is 6.74. The molecule has 0 bridgehead atoms. The Morgan fingerprint density at radius 3 is 2.47 bits per heavy atom. The smallest absolute Gasteiger partial charge is 0.274 e. The van der Waals surface area contributed by atoms with E-state index in [1.807, 2.05) is 24.4 Å². The normalized spacial score (nSPS) is 16.2. The van der Waals surface area contributed by atoms with Crippen LogP contribution in [-0.2, 0) is 12.8 Å². The molecule has 1 N–H and O–H groups in total. The molecule has 0 amide bonds. The van der Waals surface area contributed by atoms with E-state index in [1.54, 1.807) is 0 Å². The summed E-state index contributed by atoms with van der Waals surface area (Å²) in [6, 6.07) is 16.9. The summed E-state index contributed by atoms with van der Waals surface area (Å²) in [7, 11) is 0. The Hall–Kier alpha value is -3.59. The molecule has 0 atom stereocenters. The van der Waals surface area contributed by atoms with E-state index in [0.717, 1.165) is 67.7 Å². The van der Waals surface area contributed by atoms with E-state index in [9.17, 15) is 5.26 Å². The van der Waals surface area contributed by atoms with Crippen molar-refractivity contribution in [1.82, 2.24) is 9.38 Å². The zero-order valence-electron chi connectivity index (χ0n) is 16.8.